The summed E-state index contributed by atoms with van der Waals surface area (Å²) in [6, 6.07) is 0. The van der Waals surface area contributed by atoms with Crippen molar-refractivity contribution in [2.24, 2.45) is 0 Å². The molecule has 10 heteroatoms. The third-order valence-corrected chi connectivity index (χ3v) is 6.64. The molecular weight excluding hydrogens is 390 g/mol. The zero-order valence-corrected chi connectivity index (χ0v) is 17.4. The number of fused-ring (bicyclic) bond motifs is 1. The number of hydrogen-bond donors (Lipinski definition) is 0. The van der Waals surface area contributed by atoms with E-state index in [0.29, 0.717) is 5.69 Å². The standard InChI is InChI=1S/C19H25N7O2S/c1-14-17(22-28-21-14)24-9-7-23(8-10-24)13-15-16(20-19-26(15)11-12-29-19)18(27)25-5-3-2-4-6-25/h11-12H,2-10,13H2,1H3. The molecule has 0 N–H and O–H groups in total. The quantitative estimate of drug-likeness (QED) is 0.645. The Morgan fingerprint density at radius 2 is 1.90 bits per heavy atom. The van der Waals surface area contributed by atoms with Gasteiger partial charge in [-0.1, -0.05) is 5.16 Å². The summed E-state index contributed by atoms with van der Waals surface area (Å²) in [6.07, 6.45) is 5.40. The maximum atomic E-state index is 13.2. The lowest BCUT2D eigenvalue weighted by Gasteiger charge is -2.34. The van der Waals surface area contributed by atoms with Crippen LogP contribution >= 0.6 is 11.3 Å². The van der Waals surface area contributed by atoms with Gasteiger partial charge in [0.05, 0.1) is 5.69 Å². The first kappa shape index (κ1) is 18.6. The van der Waals surface area contributed by atoms with Crippen LogP contribution in [0.15, 0.2) is 16.2 Å². The van der Waals surface area contributed by atoms with Gasteiger partial charge in [-0.2, -0.15) is 0 Å². The smallest absolute Gasteiger partial charge is 0.274 e. The van der Waals surface area contributed by atoms with Gasteiger partial charge in [0.2, 0.25) is 0 Å². The third-order valence-electron chi connectivity index (χ3n) is 5.88. The number of rotatable bonds is 4. The second-order valence-electron chi connectivity index (χ2n) is 7.75. The topological polar surface area (TPSA) is 83.0 Å². The van der Waals surface area contributed by atoms with E-state index in [1.54, 1.807) is 11.3 Å². The molecule has 2 fully saturated rings. The first-order valence-electron chi connectivity index (χ1n) is 10.2. The average Bonchev–Trinajstić information content (AvgIpc) is 3.46. The minimum Gasteiger partial charge on any atom is -0.350 e. The molecular formula is C19H25N7O2S. The Labute approximate surface area is 172 Å². The van der Waals surface area contributed by atoms with Crippen LogP contribution in [0.1, 0.15) is 41.1 Å². The molecule has 0 aliphatic carbocycles. The number of imidazole rings is 1. The number of piperidine rings is 1. The molecule has 0 radical (unpaired) electrons. The highest BCUT2D eigenvalue weighted by atomic mass is 32.1. The molecule has 154 valence electrons. The minimum absolute atomic E-state index is 0.0820. The predicted octanol–water partition coefficient (Wildman–Crippen LogP) is 2.04. The van der Waals surface area contributed by atoms with Gasteiger partial charge >= 0.3 is 0 Å². The number of nitrogens with zero attached hydrogens (tertiary/aromatic N) is 7. The summed E-state index contributed by atoms with van der Waals surface area (Å²) in [7, 11) is 0. The van der Waals surface area contributed by atoms with Crippen LogP contribution in [-0.2, 0) is 6.54 Å². The summed E-state index contributed by atoms with van der Waals surface area (Å²) in [5.74, 6) is 0.911. The molecule has 2 aliphatic rings. The maximum absolute atomic E-state index is 13.2. The van der Waals surface area contributed by atoms with Gasteiger partial charge in [-0.3, -0.25) is 14.1 Å². The SMILES string of the molecule is Cc1nonc1N1CCN(Cc2c(C(=O)N3CCCCC3)nc3sccn23)CC1. The molecule has 0 atom stereocenters. The van der Waals surface area contributed by atoms with Gasteiger partial charge in [-0.15, -0.1) is 11.3 Å². The average molecular weight is 416 g/mol. The summed E-state index contributed by atoms with van der Waals surface area (Å²) < 4.78 is 6.93. The van der Waals surface area contributed by atoms with E-state index in [1.807, 2.05) is 23.4 Å². The highest BCUT2D eigenvalue weighted by molar-refractivity contribution is 7.15. The first-order valence-corrected chi connectivity index (χ1v) is 11.1. The Hall–Kier alpha value is -2.46. The van der Waals surface area contributed by atoms with Crippen LogP contribution in [-0.4, -0.2) is 74.7 Å². The molecule has 5 heterocycles. The van der Waals surface area contributed by atoms with Crippen LogP contribution in [0.5, 0.6) is 0 Å². The van der Waals surface area contributed by atoms with E-state index in [2.05, 4.69) is 24.5 Å². The lowest BCUT2D eigenvalue weighted by molar-refractivity contribution is 0.0716. The van der Waals surface area contributed by atoms with Crippen molar-refractivity contribution in [3.05, 3.63) is 28.7 Å². The number of hydrogen-bond acceptors (Lipinski definition) is 8. The third kappa shape index (κ3) is 3.51. The zero-order chi connectivity index (χ0) is 19.8. The number of amides is 1. The monoisotopic (exact) mass is 415 g/mol. The van der Waals surface area contributed by atoms with Gasteiger partial charge in [-0.05, 0) is 31.3 Å². The molecule has 0 aromatic carbocycles. The van der Waals surface area contributed by atoms with Gasteiger partial charge in [-0.25, -0.2) is 9.61 Å². The number of anilines is 1. The fourth-order valence-electron chi connectivity index (χ4n) is 4.25. The van der Waals surface area contributed by atoms with Crippen molar-refractivity contribution in [2.45, 2.75) is 32.7 Å². The number of piperazine rings is 1. The van der Waals surface area contributed by atoms with Crippen molar-refractivity contribution in [3.8, 4) is 0 Å². The zero-order valence-electron chi connectivity index (χ0n) is 16.6. The molecule has 0 bridgehead atoms. The highest BCUT2D eigenvalue weighted by Gasteiger charge is 2.28. The van der Waals surface area contributed by atoms with Crippen LogP contribution in [0.3, 0.4) is 0 Å². The second kappa shape index (κ2) is 7.75. The Kier molecular flexibility index (Phi) is 4.96. The van der Waals surface area contributed by atoms with E-state index >= 15 is 0 Å². The van der Waals surface area contributed by atoms with E-state index < -0.39 is 0 Å². The molecule has 1 amide bonds. The Morgan fingerprint density at radius 3 is 2.62 bits per heavy atom. The normalized spacial score (nSPS) is 18.7. The largest absolute Gasteiger partial charge is 0.350 e. The molecule has 29 heavy (non-hydrogen) atoms. The molecule has 3 aromatic heterocycles. The summed E-state index contributed by atoms with van der Waals surface area (Å²) in [5, 5.41) is 9.93. The van der Waals surface area contributed by atoms with E-state index in [-0.39, 0.29) is 5.91 Å². The molecule has 0 saturated carbocycles. The van der Waals surface area contributed by atoms with Crippen molar-refractivity contribution in [1.82, 2.24) is 29.5 Å². The number of carbonyl (C=O) groups is 1. The molecule has 0 spiro atoms. The number of carbonyl (C=O) groups excluding carboxylic acids is 1. The lowest BCUT2D eigenvalue weighted by atomic mass is 10.1. The number of aromatic nitrogens is 4. The van der Waals surface area contributed by atoms with Crippen LogP contribution in [0.25, 0.3) is 4.96 Å². The van der Waals surface area contributed by atoms with Crippen molar-refractivity contribution in [1.29, 1.82) is 0 Å². The van der Waals surface area contributed by atoms with Gasteiger partial charge < -0.3 is 9.80 Å². The fraction of sp³-hybridized carbons (Fsp3) is 0.579. The molecule has 0 unspecified atom stereocenters. The highest BCUT2D eigenvalue weighted by Crippen LogP contribution is 2.23. The minimum atomic E-state index is 0.0820. The number of likely N-dealkylation sites (tertiary alicyclic amines) is 1. The maximum Gasteiger partial charge on any atom is 0.274 e. The van der Waals surface area contributed by atoms with E-state index in [1.165, 1.54) is 6.42 Å². The van der Waals surface area contributed by atoms with Crippen molar-refractivity contribution in [2.75, 3.05) is 44.2 Å². The lowest BCUT2D eigenvalue weighted by Crippen LogP contribution is -2.46. The molecule has 2 saturated heterocycles. The van der Waals surface area contributed by atoms with Crippen LogP contribution in [0, 0.1) is 6.92 Å². The van der Waals surface area contributed by atoms with Crippen molar-refractivity contribution < 1.29 is 9.42 Å². The van der Waals surface area contributed by atoms with E-state index in [0.717, 1.165) is 80.8 Å². The first-order chi connectivity index (χ1) is 14.2. The van der Waals surface area contributed by atoms with Crippen LogP contribution < -0.4 is 4.90 Å². The van der Waals surface area contributed by atoms with Gasteiger partial charge in [0.1, 0.15) is 5.69 Å². The van der Waals surface area contributed by atoms with Gasteiger partial charge in [0.25, 0.3) is 5.91 Å². The fourth-order valence-corrected chi connectivity index (χ4v) is 4.98. The Balaban J connectivity index is 1.33. The Morgan fingerprint density at radius 1 is 1.10 bits per heavy atom. The predicted molar refractivity (Wildman–Crippen MR) is 109 cm³/mol. The van der Waals surface area contributed by atoms with Crippen LogP contribution in [0.2, 0.25) is 0 Å². The number of thiazole rings is 1. The van der Waals surface area contributed by atoms with E-state index in [4.69, 9.17) is 9.61 Å². The molecule has 3 aromatic rings. The van der Waals surface area contributed by atoms with Gasteiger partial charge in [0.15, 0.2) is 16.5 Å². The van der Waals surface area contributed by atoms with Crippen LogP contribution in [0.4, 0.5) is 5.82 Å². The summed E-state index contributed by atoms with van der Waals surface area (Å²) in [6.45, 7) is 7.81. The molecule has 5 rings (SSSR count). The molecule has 9 nitrogen and oxygen atoms in total. The van der Waals surface area contributed by atoms with Gasteiger partial charge in [0, 0.05) is 57.4 Å². The summed E-state index contributed by atoms with van der Waals surface area (Å²) >= 11 is 1.58. The Bertz CT molecular complexity index is 995. The van der Waals surface area contributed by atoms with Crippen molar-refractivity contribution in [3.63, 3.8) is 0 Å². The summed E-state index contributed by atoms with van der Waals surface area (Å²) in [5.41, 5.74) is 2.45. The molecule has 2 aliphatic heterocycles. The number of aryl methyl sites for hydroxylation is 1. The summed E-state index contributed by atoms with van der Waals surface area (Å²) in [4.78, 5) is 25.3. The van der Waals surface area contributed by atoms with Crippen molar-refractivity contribution >= 4 is 28.0 Å². The second-order valence-corrected chi connectivity index (χ2v) is 8.62. The van der Waals surface area contributed by atoms with E-state index in [9.17, 15) is 4.79 Å².